The minimum atomic E-state index is -0.723. The summed E-state index contributed by atoms with van der Waals surface area (Å²) < 4.78 is 0. The van der Waals surface area contributed by atoms with Crippen LogP contribution in [0.4, 0.5) is 0 Å². The molecule has 0 bridgehead atoms. The molecule has 2 nitrogen and oxygen atoms in total. The molecule has 0 aliphatic heterocycles. The van der Waals surface area contributed by atoms with E-state index in [2.05, 4.69) is 26.5 Å². The van der Waals surface area contributed by atoms with E-state index >= 15 is 0 Å². The maximum atomic E-state index is 11.8. The Labute approximate surface area is 139 Å². The van der Waals surface area contributed by atoms with Crippen LogP contribution in [0.3, 0.4) is 0 Å². The van der Waals surface area contributed by atoms with Crippen LogP contribution in [0.2, 0.25) is 0 Å². The molecule has 0 aromatic carbocycles. The molecule has 0 saturated heterocycles. The van der Waals surface area contributed by atoms with Gasteiger partial charge in [0.1, 0.15) is 0 Å². The van der Waals surface area contributed by atoms with Crippen molar-refractivity contribution < 1.29 is 9.90 Å². The Bertz CT molecular complexity index is 642. The zero-order chi connectivity index (χ0) is 16.5. The highest BCUT2D eigenvalue weighted by atomic mass is 16.3. The van der Waals surface area contributed by atoms with Gasteiger partial charge in [0.2, 0.25) is 0 Å². The Morgan fingerprint density at radius 3 is 2.78 bits per heavy atom. The molecule has 2 saturated carbocycles. The summed E-state index contributed by atoms with van der Waals surface area (Å²) in [4.78, 5) is 11.8. The fourth-order valence-corrected chi connectivity index (χ4v) is 6.24. The van der Waals surface area contributed by atoms with E-state index < -0.39 is 5.60 Å². The minimum Gasteiger partial charge on any atom is -0.385 e. The molecule has 2 heteroatoms. The lowest BCUT2D eigenvalue weighted by atomic mass is 9.51. The van der Waals surface area contributed by atoms with Crippen molar-refractivity contribution in [1.82, 2.24) is 0 Å². The second-order valence-electron chi connectivity index (χ2n) is 8.67. The number of carbonyl (C=O) groups excluding carboxylic acids is 1. The van der Waals surface area contributed by atoms with Crippen LogP contribution in [0.1, 0.15) is 58.8 Å². The molecule has 4 aliphatic carbocycles. The summed E-state index contributed by atoms with van der Waals surface area (Å²) in [6.07, 6.45) is 12.8. The monoisotopic (exact) mass is 312 g/mol. The molecule has 4 rings (SSSR count). The van der Waals surface area contributed by atoms with Gasteiger partial charge < -0.3 is 5.11 Å². The van der Waals surface area contributed by atoms with Gasteiger partial charge in [-0.2, -0.15) is 0 Å². The normalized spacial score (nSPS) is 48.7. The molecule has 0 heterocycles. The highest BCUT2D eigenvalue weighted by molar-refractivity contribution is 5.92. The topological polar surface area (TPSA) is 37.3 Å². The number of allylic oxidation sites excluding steroid dienone is 4. The van der Waals surface area contributed by atoms with E-state index in [1.165, 1.54) is 5.57 Å². The number of fused-ring (bicyclic) bond motifs is 5. The number of hydrogen-bond donors (Lipinski definition) is 1. The third-order valence-electron chi connectivity index (χ3n) is 7.89. The van der Waals surface area contributed by atoms with Crippen LogP contribution < -0.4 is 0 Å². The van der Waals surface area contributed by atoms with Gasteiger partial charge in [-0.25, -0.2) is 0 Å². The maximum Gasteiger partial charge on any atom is 0.155 e. The van der Waals surface area contributed by atoms with Crippen LogP contribution in [-0.2, 0) is 4.79 Å². The fraction of sp³-hybridized carbons (Fsp3) is 0.667. The lowest BCUT2D eigenvalue weighted by molar-refractivity contribution is -0.115. The smallest absolute Gasteiger partial charge is 0.155 e. The van der Waals surface area contributed by atoms with Gasteiger partial charge in [0, 0.05) is 17.3 Å². The second-order valence-corrected chi connectivity index (χ2v) is 8.67. The number of rotatable bonds is 1. The first kappa shape index (κ1) is 15.4. The molecule has 0 aromatic rings. The van der Waals surface area contributed by atoms with Gasteiger partial charge in [-0.1, -0.05) is 37.1 Å². The van der Waals surface area contributed by atoms with Gasteiger partial charge in [-0.15, -0.1) is 6.58 Å². The Balaban J connectivity index is 1.77. The number of hydrogen-bond acceptors (Lipinski definition) is 2. The lowest BCUT2D eigenvalue weighted by Crippen LogP contribution is -2.49. The van der Waals surface area contributed by atoms with E-state index in [0.717, 1.165) is 38.5 Å². The van der Waals surface area contributed by atoms with Crippen molar-refractivity contribution in [3.8, 4) is 0 Å². The predicted molar refractivity (Wildman–Crippen MR) is 91.8 cm³/mol. The van der Waals surface area contributed by atoms with Crippen LogP contribution in [0.25, 0.3) is 0 Å². The summed E-state index contributed by atoms with van der Waals surface area (Å²) in [7, 11) is 0. The van der Waals surface area contributed by atoms with Gasteiger partial charge in [0.05, 0.1) is 5.60 Å². The average Bonchev–Trinajstić information content (AvgIpc) is 2.80. The number of carbonyl (C=O) groups is 1. The van der Waals surface area contributed by atoms with Gasteiger partial charge in [0.25, 0.3) is 0 Å². The SMILES string of the molecule is C=C[C@]1(O)CCC2C3CCC4=CC(=O)CC[C@]4(C)C3=CC[C@@]21C. The molecular formula is C21H28O2. The van der Waals surface area contributed by atoms with Crippen molar-refractivity contribution in [2.24, 2.45) is 22.7 Å². The van der Waals surface area contributed by atoms with Crippen molar-refractivity contribution in [1.29, 1.82) is 0 Å². The molecule has 2 unspecified atom stereocenters. The first-order chi connectivity index (χ1) is 10.8. The summed E-state index contributed by atoms with van der Waals surface area (Å²) in [5.74, 6) is 1.42. The standard InChI is InChI=1S/C21H28O2/c1-4-21(23)12-9-18-16-6-5-14-13-15(22)7-10-19(14,2)17(16)8-11-20(18,21)3/h4,8,13,16,18,23H,1,5-7,9-12H2,2-3H3/t16?,18?,19-,20-,21-/m0/s1. The molecule has 0 amide bonds. The number of ketones is 1. The van der Waals surface area contributed by atoms with Crippen LogP contribution in [0, 0.1) is 22.7 Å². The molecule has 0 spiro atoms. The molecule has 2 fully saturated rings. The Hall–Kier alpha value is -1.15. The van der Waals surface area contributed by atoms with E-state index in [1.54, 1.807) is 11.6 Å². The fourth-order valence-electron chi connectivity index (χ4n) is 6.24. The third-order valence-corrected chi connectivity index (χ3v) is 7.89. The van der Waals surface area contributed by atoms with Crippen molar-refractivity contribution in [2.75, 3.05) is 0 Å². The van der Waals surface area contributed by atoms with Gasteiger partial charge in [0.15, 0.2) is 5.78 Å². The van der Waals surface area contributed by atoms with E-state index in [0.29, 0.717) is 24.0 Å². The second kappa shape index (κ2) is 4.69. The Morgan fingerprint density at radius 1 is 1.26 bits per heavy atom. The summed E-state index contributed by atoms with van der Waals surface area (Å²) in [6.45, 7) is 8.53. The predicted octanol–water partition coefficient (Wildman–Crippen LogP) is 4.36. The summed E-state index contributed by atoms with van der Waals surface area (Å²) in [5, 5.41) is 11.1. The molecule has 23 heavy (non-hydrogen) atoms. The van der Waals surface area contributed by atoms with Crippen molar-refractivity contribution >= 4 is 5.78 Å². The van der Waals surface area contributed by atoms with Crippen LogP contribution in [0.15, 0.2) is 36.0 Å². The molecule has 1 N–H and O–H groups in total. The lowest BCUT2D eigenvalue weighted by Gasteiger charge is -2.54. The molecule has 4 aliphatic rings. The first-order valence-electron chi connectivity index (χ1n) is 9.14. The van der Waals surface area contributed by atoms with Gasteiger partial charge >= 0.3 is 0 Å². The summed E-state index contributed by atoms with van der Waals surface area (Å²) in [5.41, 5.74) is 2.21. The third kappa shape index (κ3) is 1.82. The highest BCUT2D eigenvalue weighted by Gasteiger charge is 2.60. The molecular weight excluding hydrogens is 284 g/mol. The largest absolute Gasteiger partial charge is 0.385 e. The zero-order valence-electron chi connectivity index (χ0n) is 14.4. The van der Waals surface area contributed by atoms with E-state index in [-0.39, 0.29) is 10.8 Å². The molecule has 5 atom stereocenters. The quantitative estimate of drug-likeness (QED) is 0.731. The Morgan fingerprint density at radius 2 is 2.04 bits per heavy atom. The molecule has 0 radical (unpaired) electrons. The van der Waals surface area contributed by atoms with Gasteiger partial charge in [-0.05, 0) is 56.4 Å². The van der Waals surface area contributed by atoms with Crippen molar-refractivity contribution in [3.05, 3.63) is 36.0 Å². The highest BCUT2D eigenvalue weighted by Crippen LogP contribution is 2.65. The van der Waals surface area contributed by atoms with E-state index in [1.807, 2.05) is 6.08 Å². The summed E-state index contributed by atoms with van der Waals surface area (Å²) in [6, 6.07) is 0. The van der Waals surface area contributed by atoms with Crippen LogP contribution in [0.5, 0.6) is 0 Å². The maximum absolute atomic E-state index is 11.8. The van der Waals surface area contributed by atoms with Crippen molar-refractivity contribution in [3.63, 3.8) is 0 Å². The van der Waals surface area contributed by atoms with Crippen LogP contribution >= 0.6 is 0 Å². The minimum absolute atomic E-state index is 0.0784. The number of aliphatic hydroxyl groups is 1. The first-order valence-corrected chi connectivity index (χ1v) is 9.14. The molecule has 0 aromatic heterocycles. The Kier molecular flexibility index (Phi) is 3.14. The van der Waals surface area contributed by atoms with E-state index in [4.69, 9.17) is 0 Å². The van der Waals surface area contributed by atoms with Crippen molar-refractivity contribution in [2.45, 2.75) is 64.4 Å². The summed E-state index contributed by atoms with van der Waals surface area (Å²) >= 11 is 0. The average molecular weight is 312 g/mol. The van der Waals surface area contributed by atoms with E-state index in [9.17, 15) is 9.90 Å². The zero-order valence-corrected chi connectivity index (χ0v) is 14.4. The van der Waals surface area contributed by atoms with Gasteiger partial charge in [-0.3, -0.25) is 4.79 Å². The van der Waals surface area contributed by atoms with Crippen LogP contribution in [-0.4, -0.2) is 16.5 Å². The molecule has 124 valence electrons.